The molecule has 0 unspecified atom stereocenters. The first-order chi connectivity index (χ1) is 14.1. The molecule has 8 nitrogen and oxygen atoms in total. The van der Waals surface area contributed by atoms with Crippen molar-refractivity contribution >= 4 is 12.1 Å². The van der Waals surface area contributed by atoms with Crippen LogP contribution in [-0.2, 0) is 0 Å². The van der Waals surface area contributed by atoms with Crippen molar-refractivity contribution < 1.29 is 19.0 Å². The van der Waals surface area contributed by atoms with Crippen LogP contribution in [0.4, 0.5) is 0 Å². The quantitative estimate of drug-likeness (QED) is 0.451. The smallest absolute Gasteiger partial charge is 0.289 e. The molecule has 3 aromatic rings. The Morgan fingerprint density at radius 3 is 2.76 bits per heavy atom. The van der Waals surface area contributed by atoms with Gasteiger partial charge in [-0.2, -0.15) is 10.2 Å². The number of amides is 1. The standard InChI is InChI=1S/C21H22N4O4/c1-4-29-17-7-5-6-14(10-17)18-12-19(24-23-18)21(26)25-22-13-15-11-16(27-2)8-9-20(15)28-3/h5-13H,4H2,1-3H3,(H,23,24)(H,25,26)/b22-13+. The van der Waals surface area contributed by atoms with Gasteiger partial charge >= 0.3 is 0 Å². The third-order valence-electron chi connectivity index (χ3n) is 4.07. The predicted molar refractivity (Wildman–Crippen MR) is 110 cm³/mol. The molecular formula is C21H22N4O4. The molecule has 0 saturated heterocycles. The number of benzene rings is 2. The minimum atomic E-state index is -0.414. The van der Waals surface area contributed by atoms with Crippen molar-refractivity contribution in [2.75, 3.05) is 20.8 Å². The maximum Gasteiger partial charge on any atom is 0.289 e. The third-order valence-corrected chi connectivity index (χ3v) is 4.07. The first-order valence-electron chi connectivity index (χ1n) is 8.98. The number of aromatic nitrogens is 2. The molecule has 0 spiro atoms. The zero-order valence-corrected chi connectivity index (χ0v) is 16.4. The van der Waals surface area contributed by atoms with Gasteiger partial charge in [0.2, 0.25) is 0 Å². The number of nitrogens with zero attached hydrogens (tertiary/aromatic N) is 2. The second-order valence-corrected chi connectivity index (χ2v) is 5.93. The summed E-state index contributed by atoms with van der Waals surface area (Å²) in [7, 11) is 3.13. The van der Waals surface area contributed by atoms with Gasteiger partial charge in [0.1, 0.15) is 22.9 Å². The van der Waals surface area contributed by atoms with E-state index in [1.165, 1.54) is 6.21 Å². The van der Waals surface area contributed by atoms with Gasteiger partial charge in [0.25, 0.3) is 5.91 Å². The number of hydrogen-bond donors (Lipinski definition) is 2. The number of carbonyl (C=O) groups excluding carboxylic acids is 1. The molecule has 0 aliphatic rings. The summed E-state index contributed by atoms with van der Waals surface area (Å²) < 4.78 is 16.0. The van der Waals surface area contributed by atoms with Crippen molar-refractivity contribution in [2.45, 2.75) is 6.92 Å². The van der Waals surface area contributed by atoms with Crippen LogP contribution in [0.5, 0.6) is 17.2 Å². The molecule has 3 rings (SSSR count). The lowest BCUT2D eigenvalue weighted by atomic mass is 10.1. The Labute approximate surface area is 168 Å². The number of ether oxygens (including phenoxy) is 3. The summed E-state index contributed by atoms with van der Waals surface area (Å²) in [5, 5.41) is 10.9. The van der Waals surface area contributed by atoms with Crippen molar-refractivity contribution in [1.29, 1.82) is 0 Å². The van der Waals surface area contributed by atoms with E-state index in [1.807, 2.05) is 31.2 Å². The molecule has 0 aliphatic carbocycles. The summed E-state index contributed by atoms with van der Waals surface area (Å²) >= 11 is 0. The molecule has 8 heteroatoms. The molecule has 1 amide bonds. The van der Waals surface area contributed by atoms with Crippen molar-refractivity contribution in [1.82, 2.24) is 15.6 Å². The van der Waals surface area contributed by atoms with Gasteiger partial charge in [0.15, 0.2) is 0 Å². The van der Waals surface area contributed by atoms with Crippen LogP contribution in [0.2, 0.25) is 0 Å². The van der Waals surface area contributed by atoms with Crippen LogP contribution >= 0.6 is 0 Å². The molecule has 150 valence electrons. The Bertz CT molecular complexity index is 1010. The summed E-state index contributed by atoms with van der Waals surface area (Å²) in [6, 6.07) is 14.5. The SMILES string of the molecule is CCOc1cccc(-c2cc(C(=O)N/N=C/c3cc(OC)ccc3OC)[nH]n2)c1. The molecule has 0 atom stereocenters. The van der Waals surface area contributed by atoms with Crippen molar-refractivity contribution in [3.63, 3.8) is 0 Å². The molecule has 0 fully saturated rings. The van der Waals surface area contributed by atoms with Gasteiger partial charge in [-0.1, -0.05) is 12.1 Å². The highest BCUT2D eigenvalue weighted by molar-refractivity contribution is 5.94. The fraction of sp³-hybridized carbons (Fsp3) is 0.190. The summed E-state index contributed by atoms with van der Waals surface area (Å²) in [4.78, 5) is 12.3. The summed E-state index contributed by atoms with van der Waals surface area (Å²) in [5.74, 6) is 1.60. The highest BCUT2D eigenvalue weighted by Crippen LogP contribution is 2.23. The van der Waals surface area contributed by atoms with Gasteiger partial charge in [-0.15, -0.1) is 0 Å². The lowest BCUT2D eigenvalue weighted by Gasteiger charge is -2.06. The Kier molecular flexibility index (Phi) is 6.47. The van der Waals surface area contributed by atoms with E-state index in [9.17, 15) is 4.79 Å². The van der Waals surface area contributed by atoms with Crippen LogP contribution in [-0.4, -0.2) is 43.1 Å². The van der Waals surface area contributed by atoms with E-state index in [0.717, 1.165) is 11.3 Å². The van der Waals surface area contributed by atoms with Crippen molar-refractivity contribution in [2.24, 2.45) is 5.10 Å². The van der Waals surface area contributed by atoms with Crippen LogP contribution in [0.15, 0.2) is 53.6 Å². The Hall–Kier alpha value is -3.81. The molecule has 0 bridgehead atoms. The number of H-pyrrole nitrogens is 1. The third kappa shape index (κ3) is 4.92. The van der Waals surface area contributed by atoms with E-state index in [2.05, 4.69) is 20.7 Å². The monoisotopic (exact) mass is 394 g/mol. The number of methoxy groups -OCH3 is 2. The largest absolute Gasteiger partial charge is 0.497 e. The van der Waals surface area contributed by atoms with Gasteiger partial charge in [0.05, 0.1) is 32.7 Å². The van der Waals surface area contributed by atoms with Crippen molar-refractivity contribution in [3.05, 3.63) is 59.8 Å². The number of hydrazone groups is 1. The fourth-order valence-corrected chi connectivity index (χ4v) is 2.66. The number of carbonyl (C=O) groups is 1. The van der Waals surface area contributed by atoms with E-state index < -0.39 is 5.91 Å². The zero-order valence-electron chi connectivity index (χ0n) is 16.4. The second kappa shape index (κ2) is 9.41. The minimum absolute atomic E-state index is 0.288. The average molecular weight is 394 g/mol. The van der Waals surface area contributed by atoms with E-state index in [-0.39, 0.29) is 5.69 Å². The van der Waals surface area contributed by atoms with Gasteiger partial charge in [-0.05, 0) is 43.3 Å². The summed E-state index contributed by atoms with van der Waals surface area (Å²) in [6.07, 6.45) is 1.49. The summed E-state index contributed by atoms with van der Waals surface area (Å²) in [5.41, 5.74) is 4.91. The molecule has 1 aromatic heterocycles. The van der Waals surface area contributed by atoms with Crippen LogP contribution in [0, 0.1) is 0 Å². The van der Waals surface area contributed by atoms with E-state index in [4.69, 9.17) is 14.2 Å². The normalized spacial score (nSPS) is 10.7. The zero-order chi connectivity index (χ0) is 20.6. The maximum atomic E-state index is 12.3. The summed E-state index contributed by atoms with van der Waals surface area (Å²) in [6.45, 7) is 2.50. The number of rotatable bonds is 8. The first kappa shape index (κ1) is 19.9. The van der Waals surface area contributed by atoms with Gasteiger partial charge in [-0.25, -0.2) is 5.43 Å². The van der Waals surface area contributed by atoms with Crippen LogP contribution in [0.3, 0.4) is 0 Å². The van der Waals surface area contributed by atoms with Gasteiger partial charge in [0, 0.05) is 11.1 Å². The van der Waals surface area contributed by atoms with Crippen LogP contribution in [0.1, 0.15) is 23.0 Å². The second-order valence-electron chi connectivity index (χ2n) is 5.93. The first-order valence-corrected chi connectivity index (χ1v) is 8.98. The topological polar surface area (TPSA) is 97.8 Å². The fourth-order valence-electron chi connectivity index (χ4n) is 2.66. The lowest BCUT2D eigenvalue weighted by Crippen LogP contribution is -2.18. The highest BCUT2D eigenvalue weighted by Gasteiger charge is 2.11. The maximum absolute atomic E-state index is 12.3. The van der Waals surface area contributed by atoms with E-state index in [0.29, 0.717) is 29.4 Å². The Balaban J connectivity index is 1.70. The van der Waals surface area contributed by atoms with Crippen molar-refractivity contribution in [3.8, 4) is 28.5 Å². The average Bonchev–Trinajstić information content (AvgIpc) is 3.24. The molecule has 1 heterocycles. The molecular weight excluding hydrogens is 372 g/mol. The molecule has 0 aliphatic heterocycles. The van der Waals surface area contributed by atoms with Crippen LogP contribution in [0.25, 0.3) is 11.3 Å². The molecule has 29 heavy (non-hydrogen) atoms. The Morgan fingerprint density at radius 2 is 2.00 bits per heavy atom. The molecule has 2 N–H and O–H groups in total. The van der Waals surface area contributed by atoms with E-state index >= 15 is 0 Å². The number of nitrogens with one attached hydrogen (secondary N) is 2. The molecule has 0 saturated carbocycles. The lowest BCUT2D eigenvalue weighted by molar-refractivity contribution is 0.0950. The number of aromatic amines is 1. The van der Waals surface area contributed by atoms with Gasteiger partial charge in [-0.3, -0.25) is 9.89 Å². The van der Waals surface area contributed by atoms with Gasteiger partial charge < -0.3 is 14.2 Å². The molecule has 0 radical (unpaired) electrons. The van der Waals surface area contributed by atoms with Crippen LogP contribution < -0.4 is 19.6 Å². The predicted octanol–water partition coefficient (Wildman–Crippen LogP) is 3.26. The molecule has 2 aromatic carbocycles. The highest BCUT2D eigenvalue weighted by atomic mass is 16.5. The Morgan fingerprint density at radius 1 is 1.14 bits per heavy atom. The van der Waals surface area contributed by atoms with E-state index in [1.54, 1.807) is 38.5 Å². The number of hydrogen-bond acceptors (Lipinski definition) is 6. The minimum Gasteiger partial charge on any atom is -0.497 e.